The topological polar surface area (TPSA) is 50.6 Å². The van der Waals surface area contributed by atoms with Gasteiger partial charge in [-0.2, -0.15) is 8.78 Å². The molecule has 4 heterocycles. The first-order chi connectivity index (χ1) is 17.4. The maximum Gasteiger partial charge on any atom is 0.387 e. The van der Waals surface area contributed by atoms with E-state index in [2.05, 4.69) is 28.4 Å². The van der Waals surface area contributed by atoms with Crippen LogP contribution in [-0.4, -0.2) is 59.1 Å². The zero-order valence-electron chi connectivity index (χ0n) is 21.0. The molecule has 1 saturated heterocycles. The largest absolute Gasteiger partial charge is 0.434 e. The van der Waals surface area contributed by atoms with Gasteiger partial charge in [-0.3, -0.25) is 4.79 Å². The van der Waals surface area contributed by atoms with Crippen molar-refractivity contribution >= 4 is 16.9 Å². The zero-order chi connectivity index (χ0) is 25.6. The number of benzene rings is 2. The second-order valence-corrected chi connectivity index (χ2v) is 9.34. The molecular formula is C28H30F2N4O2. The molecule has 0 saturated carbocycles. The van der Waals surface area contributed by atoms with Crippen LogP contribution in [0.5, 0.6) is 5.75 Å². The molecule has 0 aliphatic carbocycles. The smallest absolute Gasteiger partial charge is 0.387 e. The Morgan fingerprint density at radius 1 is 1.14 bits per heavy atom. The van der Waals surface area contributed by atoms with Crippen molar-refractivity contribution in [1.29, 1.82) is 0 Å². The van der Waals surface area contributed by atoms with Gasteiger partial charge in [-0.1, -0.05) is 31.8 Å². The highest BCUT2D eigenvalue weighted by molar-refractivity contribution is 5.97. The van der Waals surface area contributed by atoms with Gasteiger partial charge >= 0.3 is 6.61 Å². The van der Waals surface area contributed by atoms with Crippen LogP contribution < -0.4 is 4.74 Å². The Labute approximate surface area is 209 Å². The van der Waals surface area contributed by atoms with Crippen LogP contribution in [0.3, 0.4) is 0 Å². The standard InChI is InChI=1S/C26H24F2N4O2.C2H6/c1-30-11-10-16(14-30)7-6-15-8-9-18-19(12-15)32-20-13-21(24(32)29-18)31(2)25(33)17-4-3-5-22(23(17)20)34-26(27)28;1-2/h3-5,8-9,12,16,20-21,26H,10-11,13-14H2,1-2H3;1-2H3/t16?,20?,21-;/m1./s1. The van der Waals surface area contributed by atoms with Crippen LogP contribution in [0.25, 0.3) is 11.0 Å². The summed E-state index contributed by atoms with van der Waals surface area (Å²) >= 11 is 0. The van der Waals surface area contributed by atoms with Gasteiger partial charge in [-0.15, -0.1) is 0 Å². The van der Waals surface area contributed by atoms with Gasteiger partial charge in [0, 0.05) is 42.6 Å². The van der Waals surface area contributed by atoms with E-state index in [0.717, 1.165) is 41.9 Å². The average Bonchev–Trinajstić information content (AvgIpc) is 3.54. The number of imidazole rings is 1. The first-order valence-corrected chi connectivity index (χ1v) is 12.5. The third-order valence-corrected chi connectivity index (χ3v) is 7.22. The van der Waals surface area contributed by atoms with Crippen molar-refractivity contribution < 1.29 is 18.3 Å². The number of fused-ring (bicyclic) bond motifs is 9. The summed E-state index contributed by atoms with van der Waals surface area (Å²) in [6.45, 7) is 3.06. The Morgan fingerprint density at radius 3 is 2.67 bits per heavy atom. The number of carbonyl (C=O) groups excluding carboxylic acids is 1. The molecule has 2 aromatic carbocycles. The van der Waals surface area contributed by atoms with Gasteiger partial charge in [0.05, 0.1) is 23.1 Å². The molecule has 1 aromatic heterocycles. The molecule has 3 aliphatic rings. The second kappa shape index (κ2) is 9.55. The molecule has 3 atom stereocenters. The number of nitrogens with zero attached hydrogens (tertiary/aromatic N) is 4. The predicted octanol–water partition coefficient (Wildman–Crippen LogP) is 5.09. The second-order valence-electron chi connectivity index (χ2n) is 9.34. The minimum atomic E-state index is -2.98. The lowest BCUT2D eigenvalue weighted by Crippen LogP contribution is -2.30. The van der Waals surface area contributed by atoms with E-state index in [1.165, 1.54) is 6.07 Å². The Bertz CT molecular complexity index is 1370. The first-order valence-electron chi connectivity index (χ1n) is 12.5. The fourth-order valence-electron chi connectivity index (χ4n) is 5.60. The molecule has 188 valence electrons. The van der Waals surface area contributed by atoms with Crippen LogP contribution in [0.2, 0.25) is 0 Å². The molecule has 0 N–H and O–H groups in total. The van der Waals surface area contributed by atoms with Crippen LogP contribution in [-0.2, 0) is 0 Å². The van der Waals surface area contributed by atoms with E-state index in [0.29, 0.717) is 23.5 Å². The SMILES string of the molecule is CC.CN1CCC(C#Cc2ccc3nc4n(c3c2)C2C[C@H]4N(C)C(=O)c3cccc(OC(F)F)c32)C1. The highest BCUT2D eigenvalue weighted by atomic mass is 19.3. The van der Waals surface area contributed by atoms with E-state index in [1.54, 1.807) is 24.1 Å². The number of hydrogen-bond acceptors (Lipinski definition) is 4. The maximum absolute atomic E-state index is 13.2. The number of carbonyl (C=O) groups is 1. The van der Waals surface area contributed by atoms with E-state index in [1.807, 2.05) is 32.0 Å². The van der Waals surface area contributed by atoms with E-state index < -0.39 is 6.61 Å². The number of alkyl halides is 2. The summed E-state index contributed by atoms with van der Waals surface area (Å²) in [6.07, 6.45) is 1.63. The summed E-state index contributed by atoms with van der Waals surface area (Å²) in [5.41, 5.74) is 3.46. The number of hydrogen-bond donors (Lipinski definition) is 0. The fraction of sp³-hybridized carbons (Fsp3) is 0.429. The number of aromatic nitrogens is 2. The van der Waals surface area contributed by atoms with E-state index in [9.17, 15) is 13.6 Å². The van der Waals surface area contributed by atoms with E-state index in [-0.39, 0.29) is 23.7 Å². The monoisotopic (exact) mass is 492 g/mol. The lowest BCUT2D eigenvalue weighted by Gasteiger charge is -2.24. The lowest BCUT2D eigenvalue weighted by molar-refractivity contribution is -0.0507. The molecule has 0 spiro atoms. The van der Waals surface area contributed by atoms with Gasteiger partial charge in [0.15, 0.2) is 0 Å². The maximum atomic E-state index is 13.2. The molecule has 0 radical (unpaired) electrons. The molecule has 3 aromatic rings. The minimum absolute atomic E-state index is 0.0379. The Hall–Kier alpha value is -3.44. The lowest BCUT2D eigenvalue weighted by atomic mass is 9.97. The van der Waals surface area contributed by atoms with Gasteiger partial charge in [-0.05, 0) is 50.3 Å². The Kier molecular flexibility index (Phi) is 6.44. The number of likely N-dealkylation sites (tertiary alicyclic amines) is 1. The van der Waals surface area contributed by atoms with Gasteiger partial charge in [0.25, 0.3) is 5.91 Å². The zero-order valence-corrected chi connectivity index (χ0v) is 21.0. The molecule has 6 rings (SSSR count). The highest BCUT2D eigenvalue weighted by Crippen LogP contribution is 2.49. The molecule has 1 amide bonds. The third kappa shape index (κ3) is 4.01. The van der Waals surface area contributed by atoms with Crippen molar-refractivity contribution in [3.63, 3.8) is 0 Å². The van der Waals surface area contributed by atoms with Crippen LogP contribution in [0.1, 0.15) is 66.1 Å². The number of rotatable bonds is 2. The van der Waals surface area contributed by atoms with Gasteiger partial charge < -0.3 is 19.1 Å². The summed E-state index contributed by atoms with van der Waals surface area (Å²) in [5, 5.41) is 0. The van der Waals surface area contributed by atoms with Crippen LogP contribution in [0, 0.1) is 17.8 Å². The predicted molar refractivity (Wildman–Crippen MR) is 134 cm³/mol. The molecule has 3 aliphatic heterocycles. The summed E-state index contributed by atoms with van der Waals surface area (Å²) < 4.78 is 33.4. The fourth-order valence-corrected chi connectivity index (χ4v) is 5.60. The molecule has 2 bridgehead atoms. The number of ether oxygens (including phenoxy) is 1. The van der Waals surface area contributed by atoms with E-state index in [4.69, 9.17) is 9.72 Å². The summed E-state index contributed by atoms with van der Waals surface area (Å²) in [6, 6.07) is 10.1. The summed E-state index contributed by atoms with van der Waals surface area (Å²) in [7, 11) is 3.85. The molecular weight excluding hydrogens is 462 g/mol. The van der Waals surface area contributed by atoms with Crippen molar-refractivity contribution in [2.45, 2.75) is 45.4 Å². The summed E-state index contributed by atoms with van der Waals surface area (Å²) in [5.74, 6) is 7.65. The van der Waals surface area contributed by atoms with Crippen molar-refractivity contribution in [3.05, 3.63) is 58.9 Å². The van der Waals surface area contributed by atoms with Gasteiger partial charge in [-0.25, -0.2) is 4.98 Å². The van der Waals surface area contributed by atoms with Crippen molar-refractivity contribution in [3.8, 4) is 17.6 Å². The normalized spacial score (nSPS) is 22.5. The first kappa shape index (κ1) is 24.3. The average molecular weight is 493 g/mol. The molecule has 6 nitrogen and oxygen atoms in total. The molecule has 8 heteroatoms. The van der Waals surface area contributed by atoms with Crippen LogP contribution in [0.15, 0.2) is 36.4 Å². The van der Waals surface area contributed by atoms with Gasteiger partial charge in [0.1, 0.15) is 11.6 Å². The number of amides is 1. The number of halogens is 2. The van der Waals surface area contributed by atoms with Gasteiger partial charge in [0.2, 0.25) is 0 Å². The Balaban J connectivity index is 0.00000130. The summed E-state index contributed by atoms with van der Waals surface area (Å²) in [4.78, 5) is 22.0. The molecule has 2 unspecified atom stereocenters. The molecule has 1 fully saturated rings. The Morgan fingerprint density at radius 2 is 1.94 bits per heavy atom. The van der Waals surface area contributed by atoms with Crippen molar-refractivity contribution in [1.82, 2.24) is 19.4 Å². The van der Waals surface area contributed by atoms with Crippen molar-refractivity contribution in [2.24, 2.45) is 5.92 Å². The minimum Gasteiger partial charge on any atom is -0.434 e. The quantitative estimate of drug-likeness (QED) is 0.468. The van der Waals surface area contributed by atoms with Crippen LogP contribution in [0.4, 0.5) is 8.78 Å². The van der Waals surface area contributed by atoms with Crippen LogP contribution >= 0.6 is 0 Å². The highest BCUT2D eigenvalue weighted by Gasteiger charge is 2.45. The third-order valence-electron chi connectivity index (χ3n) is 7.22. The van der Waals surface area contributed by atoms with Crippen molar-refractivity contribution in [2.75, 3.05) is 27.2 Å². The molecule has 36 heavy (non-hydrogen) atoms. The van der Waals surface area contributed by atoms with E-state index >= 15 is 0 Å².